The van der Waals surface area contributed by atoms with E-state index in [1.54, 1.807) is 19.2 Å². The normalized spacial score (nSPS) is 26.4. The lowest BCUT2D eigenvalue weighted by atomic mass is 10.1. The average Bonchev–Trinajstić information content (AvgIpc) is 2.91. The number of aryl methyl sites for hydroxylation is 1. The van der Waals surface area contributed by atoms with Gasteiger partial charge >= 0.3 is 0 Å². The summed E-state index contributed by atoms with van der Waals surface area (Å²) in [4.78, 5) is 17.2. The van der Waals surface area contributed by atoms with Crippen LogP contribution in [0.3, 0.4) is 0 Å². The summed E-state index contributed by atoms with van der Waals surface area (Å²) >= 11 is 0. The zero-order valence-corrected chi connectivity index (χ0v) is 10.3. The first-order valence-corrected chi connectivity index (χ1v) is 6.25. The largest absolute Gasteiger partial charge is 0.352 e. The zero-order chi connectivity index (χ0) is 12.7. The van der Waals surface area contributed by atoms with Crippen LogP contribution < -0.4 is 10.2 Å². The fourth-order valence-corrected chi connectivity index (χ4v) is 2.99. The minimum absolute atomic E-state index is 0.161. The Morgan fingerprint density at radius 3 is 3.17 bits per heavy atom. The lowest BCUT2D eigenvalue weighted by molar-refractivity contribution is -0.385. The highest BCUT2D eigenvalue weighted by molar-refractivity contribution is 5.52. The second-order valence-electron chi connectivity index (χ2n) is 5.05. The van der Waals surface area contributed by atoms with E-state index in [2.05, 4.69) is 15.2 Å². The van der Waals surface area contributed by atoms with Gasteiger partial charge in [-0.15, -0.1) is 0 Å². The van der Waals surface area contributed by atoms with Gasteiger partial charge < -0.3 is 10.2 Å². The maximum absolute atomic E-state index is 11.0. The summed E-state index contributed by atoms with van der Waals surface area (Å²) in [6, 6.07) is 2.05. The Kier molecular flexibility index (Phi) is 2.66. The van der Waals surface area contributed by atoms with Crippen molar-refractivity contribution in [3.05, 3.63) is 27.9 Å². The van der Waals surface area contributed by atoms with Gasteiger partial charge in [0.1, 0.15) is 5.82 Å². The van der Waals surface area contributed by atoms with E-state index < -0.39 is 0 Å². The third-order valence-electron chi connectivity index (χ3n) is 4.00. The van der Waals surface area contributed by atoms with Gasteiger partial charge in [0.15, 0.2) is 0 Å². The highest BCUT2D eigenvalue weighted by atomic mass is 16.6. The van der Waals surface area contributed by atoms with E-state index in [1.165, 1.54) is 0 Å². The van der Waals surface area contributed by atoms with Crippen molar-refractivity contribution in [3.8, 4) is 0 Å². The SMILES string of the molecule is Cc1cnc(N2CC[C@H]3CNC[C@H]32)cc1[N+](=O)[O-]. The monoisotopic (exact) mass is 248 g/mol. The summed E-state index contributed by atoms with van der Waals surface area (Å²) < 4.78 is 0. The first kappa shape index (κ1) is 11.4. The van der Waals surface area contributed by atoms with Crippen LogP contribution in [0.1, 0.15) is 12.0 Å². The molecule has 2 saturated heterocycles. The summed E-state index contributed by atoms with van der Waals surface area (Å²) in [5.41, 5.74) is 0.776. The van der Waals surface area contributed by atoms with Crippen molar-refractivity contribution in [2.45, 2.75) is 19.4 Å². The van der Waals surface area contributed by atoms with Crippen LogP contribution >= 0.6 is 0 Å². The van der Waals surface area contributed by atoms with Crippen LogP contribution in [-0.4, -0.2) is 35.6 Å². The number of hydrogen-bond acceptors (Lipinski definition) is 5. The molecule has 0 aliphatic carbocycles. The number of fused-ring (bicyclic) bond motifs is 1. The van der Waals surface area contributed by atoms with Gasteiger partial charge in [0.05, 0.1) is 11.0 Å². The predicted octanol–water partition coefficient (Wildman–Crippen LogP) is 1.10. The van der Waals surface area contributed by atoms with Crippen LogP contribution in [0.4, 0.5) is 11.5 Å². The average molecular weight is 248 g/mol. The van der Waals surface area contributed by atoms with Gasteiger partial charge in [-0.25, -0.2) is 4.98 Å². The molecule has 0 bridgehead atoms. The molecule has 3 heterocycles. The fraction of sp³-hybridized carbons (Fsp3) is 0.583. The number of rotatable bonds is 2. The molecule has 2 fully saturated rings. The van der Waals surface area contributed by atoms with Gasteiger partial charge in [0, 0.05) is 37.4 Å². The molecule has 6 nitrogen and oxygen atoms in total. The first-order valence-electron chi connectivity index (χ1n) is 6.25. The molecule has 1 N–H and O–H groups in total. The van der Waals surface area contributed by atoms with Crippen LogP contribution in [0.2, 0.25) is 0 Å². The molecule has 2 aliphatic heterocycles. The summed E-state index contributed by atoms with van der Waals surface area (Å²) in [7, 11) is 0. The van der Waals surface area contributed by atoms with Crippen LogP contribution in [0.25, 0.3) is 0 Å². The van der Waals surface area contributed by atoms with Crippen molar-refractivity contribution >= 4 is 11.5 Å². The Morgan fingerprint density at radius 2 is 2.39 bits per heavy atom. The van der Waals surface area contributed by atoms with Crippen molar-refractivity contribution in [1.29, 1.82) is 0 Å². The molecule has 0 amide bonds. The Morgan fingerprint density at radius 1 is 1.56 bits per heavy atom. The van der Waals surface area contributed by atoms with Gasteiger partial charge in [-0.05, 0) is 19.3 Å². The van der Waals surface area contributed by atoms with E-state index >= 15 is 0 Å². The molecule has 3 rings (SSSR count). The van der Waals surface area contributed by atoms with Crippen molar-refractivity contribution in [2.75, 3.05) is 24.5 Å². The number of hydrogen-bond donors (Lipinski definition) is 1. The maximum atomic E-state index is 11.0. The minimum atomic E-state index is -0.332. The standard InChI is InChI=1S/C12H16N4O2/c1-8-5-14-12(4-10(8)16(17)18)15-3-2-9-6-13-7-11(9)15/h4-5,9,11,13H,2-3,6-7H2,1H3/t9-,11+/m0/s1. The molecule has 6 heteroatoms. The van der Waals surface area contributed by atoms with E-state index in [-0.39, 0.29) is 10.6 Å². The lowest BCUT2D eigenvalue weighted by Gasteiger charge is -2.24. The predicted molar refractivity (Wildman–Crippen MR) is 67.7 cm³/mol. The van der Waals surface area contributed by atoms with E-state index in [0.29, 0.717) is 17.5 Å². The Bertz CT molecular complexity index is 491. The molecule has 96 valence electrons. The van der Waals surface area contributed by atoms with Gasteiger partial charge in [-0.2, -0.15) is 0 Å². The summed E-state index contributed by atoms with van der Waals surface area (Å²) in [6.45, 7) is 4.67. The van der Waals surface area contributed by atoms with Crippen LogP contribution in [0.5, 0.6) is 0 Å². The van der Waals surface area contributed by atoms with Crippen LogP contribution in [0.15, 0.2) is 12.3 Å². The topological polar surface area (TPSA) is 71.3 Å². The van der Waals surface area contributed by atoms with Gasteiger partial charge in [0.25, 0.3) is 5.69 Å². The molecule has 0 saturated carbocycles. The van der Waals surface area contributed by atoms with Crippen LogP contribution in [0, 0.1) is 23.0 Å². The number of nitro groups is 1. The second-order valence-corrected chi connectivity index (χ2v) is 5.05. The number of aromatic nitrogens is 1. The first-order chi connectivity index (χ1) is 8.66. The van der Waals surface area contributed by atoms with E-state index in [4.69, 9.17) is 0 Å². The summed E-state index contributed by atoms with van der Waals surface area (Å²) in [5, 5.41) is 14.3. The highest BCUT2D eigenvalue weighted by Crippen LogP contribution is 2.32. The van der Waals surface area contributed by atoms with E-state index in [9.17, 15) is 10.1 Å². The van der Waals surface area contributed by atoms with Crippen molar-refractivity contribution in [3.63, 3.8) is 0 Å². The second kappa shape index (κ2) is 4.20. The number of anilines is 1. The molecular weight excluding hydrogens is 232 g/mol. The molecule has 1 aromatic heterocycles. The number of nitrogens with zero attached hydrogens (tertiary/aromatic N) is 3. The van der Waals surface area contributed by atoms with E-state index in [0.717, 1.165) is 31.9 Å². The molecular formula is C12H16N4O2. The molecule has 0 radical (unpaired) electrons. The molecule has 2 aliphatic rings. The van der Waals surface area contributed by atoms with E-state index in [1.807, 2.05) is 0 Å². The van der Waals surface area contributed by atoms with Crippen molar-refractivity contribution < 1.29 is 4.92 Å². The summed E-state index contributed by atoms with van der Waals surface area (Å²) in [5.74, 6) is 1.40. The third kappa shape index (κ3) is 1.73. The molecule has 0 unspecified atom stereocenters. The van der Waals surface area contributed by atoms with Gasteiger partial charge in [-0.1, -0.05) is 0 Å². The maximum Gasteiger partial charge on any atom is 0.277 e. The third-order valence-corrected chi connectivity index (χ3v) is 4.00. The van der Waals surface area contributed by atoms with Gasteiger partial charge in [0.2, 0.25) is 0 Å². The Labute approximate surface area is 105 Å². The quantitative estimate of drug-likeness (QED) is 0.626. The molecule has 0 aromatic carbocycles. The number of nitrogens with one attached hydrogen (secondary N) is 1. The molecule has 0 spiro atoms. The molecule has 18 heavy (non-hydrogen) atoms. The fourth-order valence-electron chi connectivity index (χ4n) is 2.99. The van der Waals surface area contributed by atoms with Crippen molar-refractivity contribution in [2.24, 2.45) is 5.92 Å². The smallest absolute Gasteiger partial charge is 0.277 e. The van der Waals surface area contributed by atoms with Crippen LogP contribution in [-0.2, 0) is 0 Å². The highest BCUT2D eigenvalue weighted by Gasteiger charge is 2.38. The minimum Gasteiger partial charge on any atom is -0.352 e. The lowest BCUT2D eigenvalue weighted by Crippen LogP contribution is -2.34. The number of pyridine rings is 1. The van der Waals surface area contributed by atoms with Gasteiger partial charge in [-0.3, -0.25) is 10.1 Å². The Hall–Kier alpha value is -1.69. The Balaban J connectivity index is 1.93. The summed E-state index contributed by atoms with van der Waals surface area (Å²) in [6.07, 6.45) is 2.74. The van der Waals surface area contributed by atoms with Crippen molar-refractivity contribution in [1.82, 2.24) is 10.3 Å². The molecule has 2 atom stereocenters. The zero-order valence-electron chi connectivity index (χ0n) is 10.3. The molecule has 1 aromatic rings.